The van der Waals surface area contributed by atoms with Gasteiger partial charge < -0.3 is 14.8 Å². The second-order valence-corrected chi connectivity index (χ2v) is 6.18. The van der Waals surface area contributed by atoms with Crippen LogP contribution in [-0.2, 0) is 16.0 Å². The van der Waals surface area contributed by atoms with Gasteiger partial charge in [0.25, 0.3) is 0 Å². The van der Waals surface area contributed by atoms with E-state index < -0.39 is 6.61 Å². The molecule has 1 N–H and O–H groups in total. The molecule has 7 heteroatoms. The first kappa shape index (κ1) is 19.6. The van der Waals surface area contributed by atoms with Crippen LogP contribution in [0, 0.1) is 5.92 Å². The normalized spacial score (nSPS) is 17.2. The van der Waals surface area contributed by atoms with Gasteiger partial charge in [-0.2, -0.15) is 8.78 Å². The standard InChI is InChI=1S/C18H26F2N2O3/c1-2-22(11-15-8-10-24-13-15)12-17(23)21-9-7-14-3-5-16(6-4-14)25-18(19)20/h3-6,15,18H,2,7-13H2,1H3,(H,21,23). The largest absolute Gasteiger partial charge is 0.435 e. The highest BCUT2D eigenvalue weighted by Crippen LogP contribution is 2.15. The number of nitrogens with one attached hydrogen (secondary N) is 1. The minimum Gasteiger partial charge on any atom is -0.435 e. The average molecular weight is 356 g/mol. The lowest BCUT2D eigenvalue weighted by Gasteiger charge is -2.22. The predicted molar refractivity (Wildman–Crippen MR) is 90.8 cm³/mol. The molecular formula is C18H26F2N2O3. The van der Waals surface area contributed by atoms with Crippen molar-refractivity contribution in [1.29, 1.82) is 0 Å². The minimum absolute atomic E-state index is 0.00146. The van der Waals surface area contributed by atoms with Crippen LogP contribution >= 0.6 is 0 Å². The van der Waals surface area contributed by atoms with Crippen LogP contribution in [0.1, 0.15) is 18.9 Å². The van der Waals surface area contributed by atoms with E-state index in [-0.39, 0.29) is 11.7 Å². The Labute approximate surface area is 147 Å². The van der Waals surface area contributed by atoms with E-state index in [0.717, 1.165) is 38.3 Å². The molecule has 2 rings (SSSR count). The zero-order valence-corrected chi connectivity index (χ0v) is 14.5. The van der Waals surface area contributed by atoms with Gasteiger partial charge in [0, 0.05) is 19.7 Å². The van der Waals surface area contributed by atoms with Gasteiger partial charge in [0.15, 0.2) is 0 Å². The molecule has 1 aliphatic rings. The number of nitrogens with zero attached hydrogens (tertiary/aromatic N) is 1. The summed E-state index contributed by atoms with van der Waals surface area (Å²) in [4.78, 5) is 14.2. The number of benzene rings is 1. The maximum atomic E-state index is 12.1. The van der Waals surface area contributed by atoms with Crippen molar-refractivity contribution in [3.05, 3.63) is 29.8 Å². The molecule has 1 atom stereocenters. The van der Waals surface area contributed by atoms with Crippen molar-refractivity contribution in [3.63, 3.8) is 0 Å². The van der Waals surface area contributed by atoms with Crippen LogP contribution in [-0.4, -0.2) is 56.8 Å². The maximum absolute atomic E-state index is 12.1. The first-order valence-corrected chi connectivity index (χ1v) is 8.67. The Morgan fingerprint density at radius 2 is 2.16 bits per heavy atom. The van der Waals surface area contributed by atoms with Gasteiger partial charge in [0.1, 0.15) is 5.75 Å². The Hall–Kier alpha value is -1.73. The van der Waals surface area contributed by atoms with Gasteiger partial charge in [-0.3, -0.25) is 9.69 Å². The highest BCUT2D eigenvalue weighted by Gasteiger charge is 2.19. The quantitative estimate of drug-likeness (QED) is 0.699. The van der Waals surface area contributed by atoms with Crippen LogP contribution in [0.2, 0.25) is 0 Å². The lowest BCUT2D eigenvalue weighted by atomic mass is 10.1. The number of carbonyl (C=O) groups is 1. The molecule has 0 aromatic heterocycles. The van der Waals surface area contributed by atoms with Crippen LogP contribution in [0.15, 0.2) is 24.3 Å². The van der Waals surface area contributed by atoms with Crippen molar-refractivity contribution in [1.82, 2.24) is 10.2 Å². The van der Waals surface area contributed by atoms with Gasteiger partial charge >= 0.3 is 6.61 Å². The zero-order valence-electron chi connectivity index (χ0n) is 14.5. The number of likely N-dealkylation sites (N-methyl/N-ethyl adjacent to an activating group) is 1. The first-order valence-electron chi connectivity index (χ1n) is 8.67. The molecule has 0 spiro atoms. The molecule has 0 aliphatic carbocycles. The van der Waals surface area contributed by atoms with E-state index in [1.165, 1.54) is 12.1 Å². The summed E-state index contributed by atoms with van der Waals surface area (Å²) in [7, 11) is 0. The van der Waals surface area contributed by atoms with Crippen LogP contribution in [0.3, 0.4) is 0 Å². The average Bonchev–Trinajstić information content (AvgIpc) is 3.08. The van der Waals surface area contributed by atoms with Gasteiger partial charge in [-0.1, -0.05) is 19.1 Å². The molecule has 1 saturated heterocycles. The molecule has 1 aromatic carbocycles. The SMILES string of the molecule is CCN(CC(=O)NCCc1ccc(OC(F)F)cc1)CC1CCOC1. The fraction of sp³-hybridized carbons (Fsp3) is 0.611. The highest BCUT2D eigenvalue weighted by atomic mass is 19.3. The third kappa shape index (κ3) is 7.36. The van der Waals surface area contributed by atoms with E-state index in [4.69, 9.17) is 4.74 Å². The van der Waals surface area contributed by atoms with E-state index in [1.807, 2.05) is 6.92 Å². The van der Waals surface area contributed by atoms with Crippen LogP contribution in [0.5, 0.6) is 5.75 Å². The molecular weight excluding hydrogens is 330 g/mol. The molecule has 1 aromatic rings. The third-order valence-corrected chi connectivity index (χ3v) is 4.24. The summed E-state index contributed by atoms with van der Waals surface area (Å²) < 4.78 is 33.9. The van der Waals surface area contributed by atoms with E-state index >= 15 is 0 Å². The van der Waals surface area contributed by atoms with Gasteiger partial charge in [0.2, 0.25) is 5.91 Å². The number of rotatable bonds is 10. The monoisotopic (exact) mass is 356 g/mol. The molecule has 1 unspecified atom stereocenters. The van der Waals surface area contributed by atoms with Crippen molar-refractivity contribution in [2.24, 2.45) is 5.92 Å². The van der Waals surface area contributed by atoms with Crippen LogP contribution in [0.25, 0.3) is 0 Å². The topological polar surface area (TPSA) is 50.8 Å². The number of halogens is 2. The summed E-state index contributed by atoms with van der Waals surface area (Å²) in [6, 6.07) is 6.46. The number of carbonyl (C=O) groups excluding carboxylic acids is 1. The second-order valence-electron chi connectivity index (χ2n) is 6.18. The lowest BCUT2D eigenvalue weighted by molar-refractivity contribution is -0.122. The van der Waals surface area contributed by atoms with Crippen LogP contribution < -0.4 is 10.1 Å². The van der Waals surface area contributed by atoms with E-state index in [9.17, 15) is 13.6 Å². The molecule has 1 aliphatic heterocycles. The smallest absolute Gasteiger partial charge is 0.387 e. The zero-order chi connectivity index (χ0) is 18.1. The van der Waals surface area contributed by atoms with Crippen molar-refractivity contribution in [3.8, 4) is 5.75 Å². The minimum atomic E-state index is -2.82. The third-order valence-electron chi connectivity index (χ3n) is 4.24. The van der Waals surface area contributed by atoms with Crippen molar-refractivity contribution >= 4 is 5.91 Å². The van der Waals surface area contributed by atoms with E-state index in [2.05, 4.69) is 15.0 Å². The Morgan fingerprint density at radius 1 is 1.40 bits per heavy atom. The number of alkyl halides is 2. The Balaban J connectivity index is 1.66. The Bertz CT molecular complexity index is 520. The summed E-state index contributed by atoms with van der Waals surface area (Å²) in [6.07, 6.45) is 1.70. The van der Waals surface area contributed by atoms with Gasteiger partial charge in [-0.25, -0.2) is 0 Å². The van der Waals surface area contributed by atoms with Crippen molar-refractivity contribution in [2.75, 3.05) is 39.4 Å². The fourth-order valence-corrected chi connectivity index (χ4v) is 2.84. The molecule has 1 heterocycles. The number of hydrogen-bond donors (Lipinski definition) is 1. The molecule has 0 saturated carbocycles. The van der Waals surface area contributed by atoms with Crippen molar-refractivity contribution < 1.29 is 23.0 Å². The van der Waals surface area contributed by atoms with Gasteiger partial charge in [-0.15, -0.1) is 0 Å². The Morgan fingerprint density at radius 3 is 2.76 bits per heavy atom. The summed E-state index contributed by atoms with van der Waals surface area (Å²) >= 11 is 0. The first-order chi connectivity index (χ1) is 12.1. The van der Waals surface area contributed by atoms with Gasteiger partial charge in [-0.05, 0) is 43.0 Å². The lowest BCUT2D eigenvalue weighted by Crippen LogP contribution is -2.40. The summed E-state index contributed by atoms with van der Waals surface area (Å²) in [5.41, 5.74) is 0.956. The fourth-order valence-electron chi connectivity index (χ4n) is 2.84. The molecule has 1 amide bonds. The molecule has 0 bridgehead atoms. The molecule has 5 nitrogen and oxygen atoms in total. The Kier molecular flexibility index (Phi) is 8.08. The summed E-state index contributed by atoms with van der Waals surface area (Å²) in [5, 5.41) is 2.90. The molecule has 0 radical (unpaired) electrons. The van der Waals surface area contributed by atoms with Crippen LogP contribution in [0.4, 0.5) is 8.78 Å². The molecule has 1 fully saturated rings. The number of amides is 1. The highest BCUT2D eigenvalue weighted by molar-refractivity contribution is 5.78. The summed E-state index contributed by atoms with van der Waals surface area (Å²) in [5.74, 6) is 0.650. The summed E-state index contributed by atoms with van der Waals surface area (Å²) in [6.45, 7) is 3.44. The number of hydrogen-bond acceptors (Lipinski definition) is 4. The van der Waals surface area contributed by atoms with E-state index in [1.54, 1.807) is 12.1 Å². The maximum Gasteiger partial charge on any atom is 0.387 e. The second kappa shape index (κ2) is 10.3. The van der Waals surface area contributed by atoms with Gasteiger partial charge in [0.05, 0.1) is 13.2 Å². The predicted octanol–water partition coefficient (Wildman–Crippen LogP) is 2.31. The molecule has 25 heavy (non-hydrogen) atoms. The van der Waals surface area contributed by atoms with Crippen molar-refractivity contribution in [2.45, 2.75) is 26.4 Å². The number of ether oxygens (including phenoxy) is 2. The van der Waals surface area contributed by atoms with E-state index in [0.29, 0.717) is 25.4 Å². The molecule has 140 valence electrons.